The van der Waals surface area contributed by atoms with Crippen molar-refractivity contribution < 1.29 is 17.9 Å². The third-order valence-electron chi connectivity index (χ3n) is 3.09. The van der Waals surface area contributed by atoms with E-state index in [2.05, 4.69) is 25.6 Å². The molecule has 0 aliphatic carbocycles. The van der Waals surface area contributed by atoms with Crippen LogP contribution in [0, 0.1) is 0 Å². The molecule has 1 aromatic rings. The number of benzene rings is 1. The molecule has 0 spiro atoms. The minimum atomic E-state index is -4.65. The summed E-state index contributed by atoms with van der Waals surface area (Å²) < 4.78 is 41.9. The molecule has 1 aliphatic heterocycles. The second kappa shape index (κ2) is 6.13. The van der Waals surface area contributed by atoms with Gasteiger partial charge in [0.15, 0.2) is 0 Å². The average molecular weight is 338 g/mol. The second-order valence-electron chi connectivity index (χ2n) is 4.64. The van der Waals surface area contributed by atoms with Gasteiger partial charge in [0.05, 0.1) is 0 Å². The van der Waals surface area contributed by atoms with Crippen LogP contribution < -0.4 is 4.74 Å². The molecule has 1 aliphatic rings. The number of alkyl halides is 3. The Morgan fingerprint density at radius 3 is 2.47 bits per heavy atom. The van der Waals surface area contributed by atoms with Gasteiger partial charge in [-0.2, -0.15) is 0 Å². The van der Waals surface area contributed by atoms with Crippen LogP contribution in [-0.4, -0.2) is 24.4 Å². The molecule has 0 atom stereocenters. The molecule has 106 valence electrons. The third kappa shape index (κ3) is 4.69. The number of hydrogen-bond donors (Lipinski definition) is 0. The van der Waals surface area contributed by atoms with Crippen molar-refractivity contribution in [2.45, 2.75) is 32.2 Å². The van der Waals surface area contributed by atoms with Crippen molar-refractivity contribution >= 4 is 15.9 Å². The summed E-state index contributed by atoms with van der Waals surface area (Å²) in [6, 6.07) is 4.60. The molecule has 2 rings (SSSR count). The number of piperidine rings is 1. The molecule has 1 saturated heterocycles. The lowest BCUT2D eigenvalue weighted by Crippen LogP contribution is -2.29. The van der Waals surface area contributed by atoms with Crippen LogP contribution in [0.4, 0.5) is 13.2 Å². The van der Waals surface area contributed by atoms with Gasteiger partial charge in [-0.15, -0.1) is 13.2 Å². The Bertz CT molecular complexity index is 430. The van der Waals surface area contributed by atoms with E-state index in [-0.39, 0.29) is 5.75 Å². The zero-order chi connectivity index (χ0) is 13.9. The van der Waals surface area contributed by atoms with Gasteiger partial charge in [0.1, 0.15) is 5.75 Å². The molecule has 6 heteroatoms. The van der Waals surface area contributed by atoms with E-state index in [4.69, 9.17) is 0 Å². The fraction of sp³-hybridized carbons (Fsp3) is 0.538. The largest absolute Gasteiger partial charge is 0.573 e. The zero-order valence-corrected chi connectivity index (χ0v) is 11.9. The maximum atomic E-state index is 12.4. The van der Waals surface area contributed by atoms with E-state index in [1.54, 1.807) is 12.1 Å². The minimum Gasteiger partial charge on any atom is -0.405 e. The van der Waals surface area contributed by atoms with Gasteiger partial charge in [0.2, 0.25) is 0 Å². The molecule has 1 aromatic carbocycles. The molecule has 19 heavy (non-hydrogen) atoms. The van der Waals surface area contributed by atoms with Crippen LogP contribution in [0.2, 0.25) is 0 Å². The van der Waals surface area contributed by atoms with Crippen LogP contribution in [-0.2, 0) is 6.54 Å². The van der Waals surface area contributed by atoms with Gasteiger partial charge in [0, 0.05) is 16.6 Å². The molecule has 0 radical (unpaired) electrons. The predicted octanol–water partition coefficient (Wildman–Crippen LogP) is 4.33. The number of hydrogen-bond acceptors (Lipinski definition) is 2. The molecule has 2 nitrogen and oxygen atoms in total. The second-order valence-corrected chi connectivity index (χ2v) is 5.55. The van der Waals surface area contributed by atoms with Crippen LogP contribution >= 0.6 is 15.9 Å². The number of ether oxygens (including phenoxy) is 1. The Kier molecular flexibility index (Phi) is 4.73. The summed E-state index contributed by atoms with van der Waals surface area (Å²) in [6.45, 7) is 2.35. The summed E-state index contributed by atoms with van der Waals surface area (Å²) in [6.07, 6.45) is -1.25. The summed E-state index contributed by atoms with van der Waals surface area (Å²) in [4.78, 5) is 2.16. The summed E-state index contributed by atoms with van der Waals surface area (Å²) in [5, 5.41) is 0. The summed E-state index contributed by atoms with van der Waals surface area (Å²) >= 11 is 3.29. The molecular formula is C13H15BrF3NO. The van der Waals surface area contributed by atoms with E-state index in [1.807, 2.05) is 0 Å². The van der Waals surface area contributed by atoms with Crippen molar-refractivity contribution in [2.75, 3.05) is 13.1 Å². The molecule has 1 fully saturated rings. The highest BCUT2D eigenvalue weighted by atomic mass is 79.9. The van der Waals surface area contributed by atoms with E-state index < -0.39 is 6.36 Å². The van der Waals surface area contributed by atoms with Gasteiger partial charge >= 0.3 is 6.36 Å². The van der Waals surface area contributed by atoms with Gasteiger partial charge in [-0.3, -0.25) is 4.90 Å². The van der Waals surface area contributed by atoms with E-state index in [9.17, 15) is 13.2 Å². The maximum absolute atomic E-state index is 12.4. The van der Waals surface area contributed by atoms with Crippen molar-refractivity contribution in [2.24, 2.45) is 0 Å². The fourth-order valence-corrected chi connectivity index (χ4v) is 2.66. The summed E-state index contributed by atoms with van der Waals surface area (Å²) in [7, 11) is 0. The van der Waals surface area contributed by atoms with Crippen LogP contribution in [0.1, 0.15) is 24.8 Å². The number of rotatable bonds is 3. The highest BCUT2D eigenvalue weighted by molar-refractivity contribution is 9.10. The van der Waals surface area contributed by atoms with Crippen molar-refractivity contribution in [3.05, 3.63) is 28.2 Å². The first-order valence-electron chi connectivity index (χ1n) is 6.20. The fourth-order valence-electron chi connectivity index (χ4n) is 2.25. The number of halogens is 4. The van der Waals surface area contributed by atoms with E-state index in [0.29, 0.717) is 12.1 Å². The van der Waals surface area contributed by atoms with Crippen molar-refractivity contribution in [1.82, 2.24) is 4.90 Å². The molecule has 0 bridgehead atoms. The molecule has 0 amide bonds. The van der Waals surface area contributed by atoms with Crippen molar-refractivity contribution in [3.63, 3.8) is 0 Å². The van der Waals surface area contributed by atoms with Crippen molar-refractivity contribution in [1.29, 1.82) is 0 Å². The SMILES string of the molecule is FC(F)(F)Oc1ccc(Br)cc1CN1CCCCC1. The summed E-state index contributed by atoms with van der Waals surface area (Å²) in [5.41, 5.74) is 0.564. The molecular weight excluding hydrogens is 323 g/mol. The van der Waals surface area contributed by atoms with E-state index >= 15 is 0 Å². The van der Waals surface area contributed by atoms with Gasteiger partial charge in [-0.25, -0.2) is 0 Å². The maximum Gasteiger partial charge on any atom is 0.573 e. The van der Waals surface area contributed by atoms with Crippen LogP contribution in [0.15, 0.2) is 22.7 Å². The Morgan fingerprint density at radius 1 is 1.16 bits per heavy atom. The lowest BCUT2D eigenvalue weighted by molar-refractivity contribution is -0.275. The molecule has 0 aromatic heterocycles. The normalized spacial score (nSPS) is 17.5. The topological polar surface area (TPSA) is 12.5 Å². The number of nitrogens with zero attached hydrogens (tertiary/aromatic N) is 1. The standard InChI is InChI=1S/C13H15BrF3NO/c14-11-4-5-12(19-13(15,16)17)10(8-11)9-18-6-2-1-3-7-18/h4-5,8H,1-3,6-7,9H2. The van der Waals surface area contributed by atoms with Gasteiger partial charge in [-0.1, -0.05) is 22.4 Å². The molecule has 0 unspecified atom stereocenters. The smallest absolute Gasteiger partial charge is 0.405 e. The van der Waals surface area contributed by atoms with Gasteiger partial charge in [-0.05, 0) is 44.1 Å². The highest BCUT2D eigenvalue weighted by Gasteiger charge is 2.32. The van der Waals surface area contributed by atoms with Gasteiger partial charge < -0.3 is 4.74 Å². The Hall–Kier alpha value is -0.750. The highest BCUT2D eigenvalue weighted by Crippen LogP contribution is 2.30. The molecule has 1 heterocycles. The Morgan fingerprint density at radius 2 is 1.84 bits per heavy atom. The zero-order valence-electron chi connectivity index (χ0n) is 10.3. The number of likely N-dealkylation sites (tertiary alicyclic amines) is 1. The minimum absolute atomic E-state index is 0.110. The lowest BCUT2D eigenvalue weighted by Gasteiger charge is -2.27. The predicted molar refractivity (Wildman–Crippen MR) is 70.0 cm³/mol. The first kappa shape index (κ1) is 14.7. The average Bonchev–Trinajstić information content (AvgIpc) is 2.32. The molecule has 0 N–H and O–H groups in total. The van der Waals surface area contributed by atoms with Crippen molar-refractivity contribution in [3.8, 4) is 5.75 Å². The Labute approximate surface area is 118 Å². The lowest BCUT2D eigenvalue weighted by atomic mass is 10.1. The van der Waals surface area contributed by atoms with E-state index in [0.717, 1.165) is 30.4 Å². The first-order chi connectivity index (χ1) is 8.94. The first-order valence-corrected chi connectivity index (χ1v) is 7.00. The molecule has 0 saturated carbocycles. The van der Waals surface area contributed by atoms with Crippen LogP contribution in [0.25, 0.3) is 0 Å². The summed E-state index contributed by atoms with van der Waals surface area (Å²) in [5.74, 6) is -0.110. The third-order valence-corrected chi connectivity index (χ3v) is 3.58. The monoisotopic (exact) mass is 337 g/mol. The van der Waals surface area contributed by atoms with Gasteiger partial charge in [0.25, 0.3) is 0 Å². The Balaban J connectivity index is 2.14. The van der Waals surface area contributed by atoms with Crippen LogP contribution in [0.5, 0.6) is 5.75 Å². The van der Waals surface area contributed by atoms with Crippen LogP contribution in [0.3, 0.4) is 0 Å². The quantitative estimate of drug-likeness (QED) is 0.813. The van der Waals surface area contributed by atoms with E-state index in [1.165, 1.54) is 12.5 Å².